The number of amides is 1. The van der Waals surface area contributed by atoms with Crippen LogP contribution in [-0.2, 0) is 14.8 Å². The van der Waals surface area contributed by atoms with E-state index in [9.17, 15) is 23.3 Å². The average Bonchev–Trinajstić information content (AvgIpc) is 3.44. The number of hydrogen-bond acceptors (Lipinski definition) is 8. The van der Waals surface area contributed by atoms with Gasteiger partial charge in [0, 0.05) is 30.9 Å². The summed E-state index contributed by atoms with van der Waals surface area (Å²) in [5.74, 6) is 0.297. The SMILES string of the molecule is O=C(COc1ccc(S(=O)(=O)N2CCCC2)cc1[N+](=O)[O-])Nc1ccc2c(c1)OCO2. The van der Waals surface area contributed by atoms with Gasteiger partial charge in [0.15, 0.2) is 23.9 Å². The lowest BCUT2D eigenvalue weighted by Crippen LogP contribution is -2.28. The number of nitro groups is 1. The van der Waals surface area contributed by atoms with Crippen molar-refractivity contribution in [1.82, 2.24) is 4.31 Å². The number of carbonyl (C=O) groups is 1. The molecule has 2 aromatic carbocycles. The Hall–Kier alpha value is -3.38. The number of nitrogens with zero attached hydrogens (tertiary/aromatic N) is 2. The van der Waals surface area contributed by atoms with Crippen LogP contribution in [0.25, 0.3) is 0 Å². The Bertz CT molecular complexity index is 1130. The van der Waals surface area contributed by atoms with Gasteiger partial charge < -0.3 is 19.5 Å². The van der Waals surface area contributed by atoms with Crippen molar-refractivity contribution in [2.24, 2.45) is 0 Å². The standard InChI is InChI=1S/C19H19N3O8S/c23-19(20-13-3-5-17-18(9-13)30-12-29-17)11-28-16-6-4-14(10-15(16)22(24)25)31(26,27)21-7-1-2-8-21/h3-6,9-10H,1-2,7-8,11-12H2,(H,20,23). The Morgan fingerprint density at radius 3 is 2.61 bits per heavy atom. The molecule has 0 unspecified atom stereocenters. The minimum absolute atomic E-state index is 0.100. The highest BCUT2D eigenvalue weighted by Crippen LogP contribution is 2.34. The fourth-order valence-corrected chi connectivity index (χ4v) is 4.85. The largest absolute Gasteiger partial charge is 0.477 e. The van der Waals surface area contributed by atoms with Gasteiger partial charge in [-0.15, -0.1) is 0 Å². The highest BCUT2D eigenvalue weighted by molar-refractivity contribution is 7.89. The van der Waals surface area contributed by atoms with Crippen LogP contribution < -0.4 is 19.5 Å². The molecule has 12 heteroatoms. The summed E-state index contributed by atoms with van der Waals surface area (Å²) in [6, 6.07) is 8.23. The fourth-order valence-electron chi connectivity index (χ4n) is 3.31. The van der Waals surface area contributed by atoms with Crippen LogP contribution >= 0.6 is 0 Å². The molecule has 31 heavy (non-hydrogen) atoms. The number of rotatable bonds is 7. The number of anilines is 1. The summed E-state index contributed by atoms with van der Waals surface area (Å²) >= 11 is 0. The van der Waals surface area contributed by atoms with Crippen molar-refractivity contribution in [1.29, 1.82) is 0 Å². The predicted octanol–water partition coefficient (Wildman–Crippen LogP) is 2.13. The van der Waals surface area contributed by atoms with E-state index < -0.39 is 33.1 Å². The second-order valence-corrected chi connectivity index (χ2v) is 8.84. The van der Waals surface area contributed by atoms with Crippen LogP contribution in [0.15, 0.2) is 41.3 Å². The Labute approximate surface area is 177 Å². The lowest BCUT2D eigenvalue weighted by atomic mass is 10.3. The van der Waals surface area contributed by atoms with E-state index in [-0.39, 0.29) is 17.4 Å². The van der Waals surface area contributed by atoms with Gasteiger partial charge >= 0.3 is 5.69 Å². The minimum Gasteiger partial charge on any atom is -0.477 e. The number of hydrogen-bond donors (Lipinski definition) is 1. The zero-order chi connectivity index (χ0) is 22.0. The van der Waals surface area contributed by atoms with Crippen LogP contribution in [0, 0.1) is 10.1 Å². The number of nitro benzene ring substituents is 1. The third-order valence-corrected chi connectivity index (χ3v) is 6.74. The third-order valence-electron chi connectivity index (χ3n) is 4.84. The molecule has 0 atom stereocenters. The van der Waals surface area contributed by atoms with Gasteiger partial charge in [-0.05, 0) is 37.1 Å². The first-order chi connectivity index (χ1) is 14.8. The highest BCUT2D eigenvalue weighted by Gasteiger charge is 2.30. The number of benzene rings is 2. The predicted molar refractivity (Wildman–Crippen MR) is 108 cm³/mol. The van der Waals surface area contributed by atoms with Crippen molar-refractivity contribution in [3.63, 3.8) is 0 Å². The summed E-state index contributed by atoms with van der Waals surface area (Å²) in [5, 5.41) is 14.0. The molecule has 1 saturated heterocycles. The summed E-state index contributed by atoms with van der Waals surface area (Å²) in [4.78, 5) is 22.7. The smallest absolute Gasteiger partial charge is 0.312 e. The van der Waals surface area contributed by atoms with Gasteiger partial charge in [0.05, 0.1) is 9.82 Å². The van der Waals surface area contributed by atoms with Crippen LogP contribution in [-0.4, -0.2) is 50.0 Å². The lowest BCUT2D eigenvalue weighted by Gasteiger charge is -2.16. The molecule has 11 nitrogen and oxygen atoms in total. The minimum atomic E-state index is -3.82. The quantitative estimate of drug-likeness (QED) is 0.501. The van der Waals surface area contributed by atoms with Gasteiger partial charge in [0.1, 0.15) is 0 Å². The average molecular weight is 449 g/mol. The summed E-state index contributed by atoms with van der Waals surface area (Å²) < 4.78 is 42.3. The first kappa shape index (κ1) is 20.9. The van der Waals surface area contributed by atoms with E-state index in [0.29, 0.717) is 30.3 Å². The van der Waals surface area contributed by atoms with E-state index in [4.69, 9.17) is 14.2 Å². The molecule has 2 heterocycles. The van der Waals surface area contributed by atoms with Crippen LogP contribution in [0.4, 0.5) is 11.4 Å². The second-order valence-electron chi connectivity index (χ2n) is 6.90. The molecule has 164 valence electrons. The molecule has 2 aliphatic heterocycles. The maximum Gasteiger partial charge on any atom is 0.312 e. The molecule has 0 spiro atoms. The van der Waals surface area contributed by atoms with Gasteiger partial charge in [0.2, 0.25) is 16.8 Å². The van der Waals surface area contributed by atoms with E-state index in [2.05, 4.69) is 5.32 Å². The molecule has 0 bridgehead atoms. The summed E-state index contributed by atoms with van der Waals surface area (Å²) in [5.41, 5.74) is -0.0874. The highest BCUT2D eigenvalue weighted by atomic mass is 32.2. The van der Waals surface area contributed by atoms with Crippen molar-refractivity contribution in [2.75, 3.05) is 31.8 Å². The molecule has 0 aromatic heterocycles. The second kappa shape index (κ2) is 8.40. The molecular weight excluding hydrogens is 430 g/mol. The van der Waals surface area contributed by atoms with Crippen molar-refractivity contribution in [3.8, 4) is 17.2 Å². The van der Waals surface area contributed by atoms with E-state index >= 15 is 0 Å². The van der Waals surface area contributed by atoms with Gasteiger partial charge in [-0.3, -0.25) is 14.9 Å². The van der Waals surface area contributed by atoms with E-state index in [1.165, 1.54) is 16.4 Å². The molecule has 1 fully saturated rings. The summed E-state index contributed by atoms with van der Waals surface area (Å²) in [7, 11) is -3.82. The molecule has 0 radical (unpaired) electrons. The summed E-state index contributed by atoms with van der Waals surface area (Å²) in [6.07, 6.45) is 1.50. The fraction of sp³-hybridized carbons (Fsp3) is 0.316. The lowest BCUT2D eigenvalue weighted by molar-refractivity contribution is -0.386. The molecule has 1 amide bonds. The molecular formula is C19H19N3O8S. The molecule has 4 rings (SSSR count). The molecule has 2 aliphatic rings. The number of carbonyl (C=O) groups excluding carboxylic acids is 1. The molecule has 1 N–H and O–H groups in total. The zero-order valence-corrected chi connectivity index (χ0v) is 17.1. The van der Waals surface area contributed by atoms with Crippen LogP contribution in [0.3, 0.4) is 0 Å². The van der Waals surface area contributed by atoms with E-state index in [1.54, 1.807) is 18.2 Å². The van der Waals surface area contributed by atoms with Gasteiger partial charge in [-0.2, -0.15) is 4.31 Å². The van der Waals surface area contributed by atoms with E-state index in [1.807, 2.05) is 0 Å². The normalized spacial score (nSPS) is 15.6. The van der Waals surface area contributed by atoms with Crippen LogP contribution in [0.5, 0.6) is 17.2 Å². The number of ether oxygens (including phenoxy) is 3. The van der Waals surface area contributed by atoms with Crippen molar-refractivity contribution >= 4 is 27.3 Å². The molecule has 2 aromatic rings. The third kappa shape index (κ3) is 4.39. The van der Waals surface area contributed by atoms with Crippen molar-refractivity contribution < 1.29 is 32.3 Å². The van der Waals surface area contributed by atoms with Gasteiger partial charge in [-0.25, -0.2) is 8.42 Å². The van der Waals surface area contributed by atoms with E-state index in [0.717, 1.165) is 18.9 Å². The van der Waals surface area contributed by atoms with Crippen LogP contribution in [0.2, 0.25) is 0 Å². The van der Waals surface area contributed by atoms with Crippen LogP contribution in [0.1, 0.15) is 12.8 Å². The van der Waals surface area contributed by atoms with Crippen molar-refractivity contribution in [2.45, 2.75) is 17.7 Å². The maximum absolute atomic E-state index is 12.6. The topological polar surface area (TPSA) is 137 Å². The Kier molecular flexibility index (Phi) is 5.65. The maximum atomic E-state index is 12.6. The monoisotopic (exact) mass is 449 g/mol. The number of sulfonamides is 1. The van der Waals surface area contributed by atoms with Gasteiger partial charge in [0.25, 0.3) is 5.91 Å². The first-order valence-electron chi connectivity index (χ1n) is 9.45. The van der Waals surface area contributed by atoms with Crippen molar-refractivity contribution in [3.05, 3.63) is 46.5 Å². The van der Waals surface area contributed by atoms with Gasteiger partial charge in [-0.1, -0.05) is 0 Å². The molecule has 0 saturated carbocycles. The number of nitrogens with one attached hydrogen (secondary N) is 1. The zero-order valence-electron chi connectivity index (χ0n) is 16.3. The Morgan fingerprint density at radius 1 is 1.13 bits per heavy atom. The first-order valence-corrected chi connectivity index (χ1v) is 10.9. The number of fused-ring (bicyclic) bond motifs is 1. The summed E-state index contributed by atoms with van der Waals surface area (Å²) in [6.45, 7) is 0.360. The Balaban J connectivity index is 1.45. The Morgan fingerprint density at radius 2 is 1.87 bits per heavy atom. The molecule has 0 aliphatic carbocycles.